The van der Waals surface area contributed by atoms with E-state index in [2.05, 4.69) is 36.5 Å². The number of rotatable bonds is 2. The zero-order chi connectivity index (χ0) is 14.1. The highest BCUT2D eigenvalue weighted by molar-refractivity contribution is 9.10. The molecule has 0 spiro atoms. The summed E-state index contributed by atoms with van der Waals surface area (Å²) in [5, 5.41) is 11.4. The molecule has 0 aromatic carbocycles. The standard InChI is InChI=1S/C13H14BrN5O/c1-8(20)16-10-3-2-4-11-13(10)17-18-19(11)12-7-9(14)5-6-15-12/h5-7,10H,2-4H2,1H3,(H,16,20). The van der Waals surface area contributed by atoms with Crippen LogP contribution in [0.3, 0.4) is 0 Å². The molecule has 1 amide bonds. The summed E-state index contributed by atoms with van der Waals surface area (Å²) in [6, 6.07) is 3.72. The zero-order valence-electron chi connectivity index (χ0n) is 11.0. The molecule has 104 valence electrons. The first-order chi connectivity index (χ1) is 9.65. The minimum absolute atomic E-state index is 0.0435. The molecule has 0 radical (unpaired) electrons. The molecule has 3 rings (SSSR count). The Kier molecular flexibility index (Phi) is 3.52. The van der Waals surface area contributed by atoms with E-state index < -0.39 is 0 Å². The molecule has 1 aliphatic carbocycles. The highest BCUT2D eigenvalue weighted by Crippen LogP contribution is 2.29. The summed E-state index contributed by atoms with van der Waals surface area (Å²) in [6.45, 7) is 1.52. The molecule has 2 aromatic rings. The second-order valence-electron chi connectivity index (χ2n) is 4.81. The Morgan fingerprint density at radius 2 is 2.40 bits per heavy atom. The van der Waals surface area contributed by atoms with E-state index in [1.807, 2.05) is 12.1 Å². The lowest BCUT2D eigenvalue weighted by Gasteiger charge is -2.21. The second-order valence-corrected chi connectivity index (χ2v) is 5.73. The number of carbonyl (C=O) groups excluding carboxylic acids is 1. The minimum Gasteiger partial charge on any atom is -0.348 e. The molecule has 0 saturated carbocycles. The quantitative estimate of drug-likeness (QED) is 0.910. The Hall–Kier alpha value is -1.76. The third kappa shape index (κ3) is 2.45. The van der Waals surface area contributed by atoms with Crippen LogP contribution in [0.5, 0.6) is 0 Å². The third-order valence-corrected chi connectivity index (χ3v) is 3.82. The van der Waals surface area contributed by atoms with Gasteiger partial charge in [0.25, 0.3) is 0 Å². The third-order valence-electron chi connectivity index (χ3n) is 3.33. The predicted molar refractivity (Wildman–Crippen MR) is 76.3 cm³/mol. The summed E-state index contributed by atoms with van der Waals surface area (Å²) in [5.74, 6) is 0.689. The van der Waals surface area contributed by atoms with Crippen molar-refractivity contribution in [1.29, 1.82) is 0 Å². The van der Waals surface area contributed by atoms with E-state index in [0.717, 1.165) is 40.9 Å². The fourth-order valence-corrected chi connectivity index (χ4v) is 2.83. The number of amides is 1. The van der Waals surface area contributed by atoms with Crippen molar-refractivity contribution in [3.05, 3.63) is 34.2 Å². The van der Waals surface area contributed by atoms with E-state index in [0.29, 0.717) is 0 Å². The molecule has 2 aromatic heterocycles. The van der Waals surface area contributed by atoms with Crippen LogP contribution < -0.4 is 5.32 Å². The van der Waals surface area contributed by atoms with Gasteiger partial charge in [-0.25, -0.2) is 4.98 Å². The van der Waals surface area contributed by atoms with Gasteiger partial charge < -0.3 is 5.32 Å². The fraction of sp³-hybridized carbons (Fsp3) is 0.385. The topological polar surface area (TPSA) is 72.7 Å². The maximum absolute atomic E-state index is 11.3. The lowest BCUT2D eigenvalue weighted by molar-refractivity contribution is -0.119. The first kappa shape index (κ1) is 13.2. The van der Waals surface area contributed by atoms with E-state index in [4.69, 9.17) is 0 Å². The van der Waals surface area contributed by atoms with E-state index in [1.54, 1.807) is 10.9 Å². The smallest absolute Gasteiger partial charge is 0.217 e. The number of fused-ring (bicyclic) bond motifs is 1. The maximum atomic E-state index is 11.3. The van der Waals surface area contributed by atoms with Crippen molar-refractivity contribution in [3.63, 3.8) is 0 Å². The maximum Gasteiger partial charge on any atom is 0.217 e. The first-order valence-corrected chi connectivity index (χ1v) is 7.28. The van der Waals surface area contributed by atoms with E-state index in [-0.39, 0.29) is 11.9 Å². The molecule has 0 saturated heterocycles. The van der Waals surface area contributed by atoms with Crippen molar-refractivity contribution in [3.8, 4) is 5.82 Å². The zero-order valence-corrected chi connectivity index (χ0v) is 12.6. The van der Waals surface area contributed by atoms with Crippen LogP contribution in [-0.4, -0.2) is 25.9 Å². The average Bonchev–Trinajstić information content (AvgIpc) is 2.83. The van der Waals surface area contributed by atoms with Gasteiger partial charge in [0.1, 0.15) is 5.69 Å². The molecule has 1 unspecified atom stereocenters. The number of carbonyl (C=O) groups is 1. The molecule has 1 atom stereocenters. The summed E-state index contributed by atoms with van der Waals surface area (Å²) in [7, 11) is 0. The van der Waals surface area contributed by atoms with E-state index in [1.165, 1.54) is 6.92 Å². The average molecular weight is 336 g/mol. The van der Waals surface area contributed by atoms with Crippen LogP contribution in [0.2, 0.25) is 0 Å². The molecule has 1 N–H and O–H groups in total. The number of aromatic nitrogens is 4. The van der Waals surface area contributed by atoms with Gasteiger partial charge in [0.15, 0.2) is 5.82 Å². The van der Waals surface area contributed by atoms with Crippen LogP contribution in [0.4, 0.5) is 0 Å². The Morgan fingerprint density at radius 3 is 3.15 bits per heavy atom. The summed E-state index contributed by atoms with van der Waals surface area (Å²) in [5.41, 5.74) is 1.88. The molecule has 0 fully saturated rings. The number of pyridine rings is 1. The van der Waals surface area contributed by atoms with Gasteiger partial charge in [-0.15, -0.1) is 5.10 Å². The van der Waals surface area contributed by atoms with Gasteiger partial charge >= 0.3 is 0 Å². The minimum atomic E-state index is -0.0443. The van der Waals surface area contributed by atoms with Crippen molar-refractivity contribution in [1.82, 2.24) is 25.3 Å². The second kappa shape index (κ2) is 5.32. The lowest BCUT2D eigenvalue weighted by Crippen LogP contribution is -2.29. The molecule has 0 bridgehead atoms. The highest BCUT2D eigenvalue weighted by Gasteiger charge is 2.27. The van der Waals surface area contributed by atoms with E-state index >= 15 is 0 Å². The molecule has 0 aliphatic heterocycles. The van der Waals surface area contributed by atoms with Gasteiger partial charge in [-0.3, -0.25) is 4.79 Å². The van der Waals surface area contributed by atoms with Gasteiger partial charge in [-0.2, -0.15) is 4.68 Å². The molecular formula is C13H14BrN5O. The van der Waals surface area contributed by atoms with Crippen LogP contribution in [-0.2, 0) is 11.2 Å². The first-order valence-electron chi connectivity index (χ1n) is 6.48. The number of nitrogens with one attached hydrogen (secondary N) is 1. The molecule has 2 heterocycles. The van der Waals surface area contributed by atoms with Crippen molar-refractivity contribution in [2.24, 2.45) is 0 Å². The largest absolute Gasteiger partial charge is 0.348 e. The van der Waals surface area contributed by atoms with Crippen molar-refractivity contribution >= 4 is 21.8 Å². The van der Waals surface area contributed by atoms with Gasteiger partial charge in [-0.05, 0) is 31.4 Å². The van der Waals surface area contributed by atoms with Crippen LogP contribution in [0.25, 0.3) is 5.82 Å². The number of halogens is 1. The molecule has 20 heavy (non-hydrogen) atoms. The van der Waals surface area contributed by atoms with Crippen LogP contribution in [0, 0.1) is 0 Å². The summed E-state index contributed by atoms with van der Waals surface area (Å²) in [4.78, 5) is 15.6. The van der Waals surface area contributed by atoms with Gasteiger partial charge in [0, 0.05) is 17.6 Å². The Bertz CT molecular complexity index is 654. The van der Waals surface area contributed by atoms with Crippen LogP contribution in [0.15, 0.2) is 22.8 Å². The van der Waals surface area contributed by atoms with Crippen molar-refractivity contribution in [2.45, 2.75) is 32.2 Å². The van der Waals surface area contributed by atoms with E-state index in [9.17, 15) is 4.79 Å². The monoisotopic (exact) mass is 335 g/mol. The fourth-order valence-electron chi connectivity index (χ4n) is 2.51. The summed E-state index contributed by atoms with van der Waals surface area (Å²) >= 11 is 3.43. The van der Waals surface area contributed by atoms with Crippen LogP contribution >= 0.6 is 15.9 Å². The summed E-state index contributed by atoms with van der Waals surface area (Å²) < 4.78 is 2.70. The van der Waals surface area contributed by atoms with Crippen LogP contribution in [0.1, 0.15) is 37.2 Å². The van der Waals surface area contributed by atoms with Gasteiger partial charge in [0.05, 0.1) is 11.7 Å². The summed E-state index contributed by atoms with van der Waals surface area (Å²) in [6.07, 6.45) is 4.52. The normalized spacial score (nSPS) is 17.6. The molecule has 7 heteroatoms. The van der Waals surface area contributed by atoms with Gasteiger partial charge in [-0.1, -0.05) is 21.1 Å². The Balaban J connectivity index is 2.00. The van der Waals surface area contributed by atoms with Gasteiger partial charge in [0.2, 0.25) is 5.91 Å². The highest BCUT2D eigenvalue weighted by atomic mass is 79.9. The Labute approximate surface area is 124 Å². The number of hydrogen-bond acceptors (Lipinski definition) is 4. The molecular weight excluding hydrogens is 322 g/mol. The molecule has 1 aliphatic rings. The Morgan fingerprint density at radius 1 is 1.55 bits per heavy atom. The SMILES string of the molecule is CC(=O)NC1CCCc2c1nnn2-c1cc(Br)ccn1. The van der Waals surface area contributed by atoms with Crippen molar-refractivity contribution in [2.75, 3.05) is 0 Å². The molecule has 6 nitrogen and oxygen atoms in total. The van der Waals surface area contributed by atoms with Crippen molar-refractivity contribution < 1.29 is 4.79 Å². The lowest BCUT2D eigenvalue weighted by atomic mass is 9.96. The predicted octanol–water partition coefficient (Wildman–Crippen LogP) is 1.94. The number of hydrogen-bond donors (Lipinski definition) is 1. The number of nitrogens with zero attached hydrogens (tertiary/aromatic N) is 4.